The Morgan fingerprint density at radius 1 is 1.12 bits per heavy atom. The molecule has 0 unspecified atom stereocenters. The molecule has 0 spiro atoms. The number of anilines is 2. The van der Waals surface area contributed by atoms with Gasteiger partial charge in [-0.2, -0.15) is 4.98 Å². The van der Waals surface area contributed by atoms with Crippen molar-refractivity contribution in [3.05, 3.63) is 47.1 Å². The van der Waals surface area contributed by atoms with E-state index in [1.54, 1.807) is 0 Å². The van der Waals surface area contributed by atoms with E-state index in [-0.39, 0.29) is 16.8 Å². The Kier molecular flexibility index (Phi) is 3.14. The summed E-state index contributed by atoms with van der Waals surface area (Å²) in [5, 5.41) is 2.17. The zero-order valence-electron chi connectivity index (χ0n) is 8.22. The molecule has 0 aliphatic rings. The minimum Gasteiger partial charge on any atom is -0.335 e. The lowest BCUT2D eigenvalue weighted by molar-refractivity contribution is 0.585. The lowest BCUT2D eigenvalue weighted by Gasteiger charge is -2.07. The van der Waals surface area contributed by atoms with Crippen LogP contribution in [0.25, 0.3) is 0 Å². The molecule has 1 aromatic carbocycles. The van der Waals surface area contributed by atoms with Crippen LogP contribution < -0.4 is 5.32 Å². The molecule has 0 saturated heterocycles. The molecule has 2 rings (SSSR count). The number of rotatable bonds is 2. The zero-order chi connectivity index (χ0) is 12.4. The molecule has 1 aromatic heterocycles. The highest BCUT2D eigenvalue weighted by atomic mass is 35.5. The summed E-state index contributed by atoms with van der Waals surface area (Å²) in [6, 6.07) is 2.83. The maximum atomic E-state index is 13.3. The smallest absolute Gasteiger partial charge is 0.224 e. The van der Waals surface area contributed by atoms with Crippen molar-refractivity contribution in [1.82, 2.24) is 9.97 Å². The largest absolute Gasteiger partial charge is 0.335 e. The van der Waals surface area contributed by atoms with Gasteiger partial charge in [-0.15, -0.1) is 0 Å². The summed E-state index contributed by atoms with van der Waals surface area (Å²) in [4.78, 5) is 6.94. The Hall–Kier alpha value is -1.82. The molecule has 0 bridgehead atoms. The topological polar surface area (TPSA) is 37.8 Å². The molecule has 7 heteroatoms. The fourth-order valence-corrected chi connectivity index (χ4v) is 1.28. The summed E-state index contributed by atoms with van der Waals surface area (Å²) >= 11 is 5.47. The van der Waals surface area contributed by atoms with Gasteiger partial charge in [0.25, 0.3) is 0 Å². The lowest BCUT2D eigenvalue weighted by atomic mass is 10.3. The van der Waals surface area contributed by atoms with E-state index in [9.17, 15) is 13.2 Å². The molecule has 3 nitrogen and oxygen atoms in total. The van der Waals surface area contributed by atoms with Crippen LogP contribution in [0.3, 0.4) is 0 Å². The number of benzene rings is 1. The fraction of sp³-hybridized carbons (Fsp3) is 0. The highest BCUT2D eigenvalue weighted by Gasteiger charge is 2.09. The van der Waals surface area contributed by atoms with Crippen LogP contribution in [0.2, 0.25) is 5.28 Å². The van der Waals surface area contributed by atoms with Gasteiger partial charge in [-0.25, -0.2) is 18.2 Å². The van der Waals surface area contributed by atoms with Crippen LogP contribution >= 0.6 is 11.6 Å². The van der Waals surface area contributed by atoms with Crippen molar-refractivity contribution in [3.63, 3.8) is 0 Å². The maximum Gasteiger partial charge on any atom is 0.224 e. The Morgan fingerprint density at radius 3 is 2.59 bits per heavy atom. The number of aromatic nitrogens is 2. The van der Waals surface area contributed by atoms with Gasteiger partial charge in [-0.05, 0) is 23.7 Å². The van der Waals surface area contributed by atoms with Gasteiger partial charge in [-0.1, -0.05) is 0 Å². The van der Waals surface area contributed by atoms with Gasteiger partial charge in [0.05, 0.1) is 11.9 Å². The Bertz CT molecular complexity index is 562. The van der Waals surface area contributed by atoms with Crippen molar-refractivity contribution in [3.8, 4) is 0 Å². The summed E-state index contributed by atoms with van der Waals surface area (Å²) in [5.41, 5.74) is -0.111. The summed E-state index contributed by atoms with van der Waals surface area (Å²) < 4.78 is 39.1. The molecule has 0 saturated carbocycles. The third-order valence-electron chi connectivity index (χ3n) is 1.90. The number of nitrogens with zero attached hydrogens (tertiary/aromatic N) is 2. The second kappa shape index (κ2) is 4.58. The summed E-state index contributed by atoms with van der Waals surface area (Å²) in [7, 11) is 0. The summed E-state index contributed by atoms with van der Waals surface area (Å²) in [5.74, 6) is -2.66. The zero-order valence-corrected chi connectivity index (χ0v) is 8.97. The second-order valence-electron chi connectivity index (χ2n) is 3.08. The van der Waals surface area contributed by atoms with Crippen molar-refractivity contribution >= 4 is 23.1 Å². The predicted octanol–water partition coefficient (Wildman–Crippen LogP) is 3.29. The first-order valence-electron chi connectivity index (χ1n) is 4.46. The van der Waals surface area contributed by atoms with E-state index < -0.39 is 17.5 Å². The molecule has 0 fully saturated rings. The molecule has 0 aliphatic heterocycles. The minimum absolute atomic E-state index is 0.111. The van der Waals surface area contributed by atoms with Crippen molar-refractivity contribution < 1.29 is 13.2 Å². The van der Waals surface area contributed by atoms with E-state index in [2.05, 4.69) is 15.3 Å². The van der Waals surface area contributed by atoms with Crippen LogP contribution in [-0.2, 0) is 0 Å². The summed E-state index contributed by atoms with van der Waals surface area (Å²) in [6.07, 6.45) is 0.846. The van der Waals surface area contributed by atoms with Crippen LogP contribution in [0, 0.1) is 17.5 Å². The van der Waals surface area contributed by atoms with E-state index in [1.165, 1.54) is 0 Å². The van der Waals surface area contributed by atoms with Gasteiger partial charge < -0.3 is 5.32 Å². The molecule has 1 heterocycles. The highest BCUT2D eigenvalue weighted by molar-refractivity contribution is 6.28. The minimum atomic E-state index is -0.862. The van der Waals surface area contributed by atoms with Gasteiger partial charge in [0.15, 0.2) is 11.6 Å². The van der Waals surface area contributed by atoms with Crippen LogP contribution in [-0.4, -0.2) is 9.97 Å². The monoisotopic (exact) mass is 259 g/mol. The van der Waals surface area contributed by atoms with Gasteiger partial charge >= 0.3 is 0 Å². The van der Waals surface area contributed by atoms with Crippen molar-refractivity contribution in [2.75, 3.05) is 5.32 Å². The van der Waals surface area contributed by atoms with Gasteiger partial charge in [0, 0.05) is 6.07 Å². The lowest BCUT2D eigenvalue weighted by Crippen LogP contribution is -2.00. The quantitative estimate of drug-likeness (QED) is 0.841. The molecule has 0 aliphatic carbocycles. The number of hydrogen-bond acceptors (Lipinski definition) is 3. The average molecular weight is 260 g/mol. The maximum absolute atomic E-state index is 13.3. The SMILES string of the molecule is Fc1ccc(Nc2nc(Cl)ncc2F)c(F)c1. The van der Waals surface area contributed by atoms with Gasteiger partial charge in [0.2, 0.25) is 5.28 Å². The van der Waals surface area contributed by atoms with E-state index >= 15 is 0 Å². The van der Waals surface area contributed by atoms with E-state index in [1.807, 2.05) is 0 Å². The van der Waals surface area contributed by atoms with Crippen molar-refractivity contribution in [2.24, 2.45) is 0 Å². The molecule has 0 atom stereocenters. The molecule has 0 amide bonds. The van der Waals surface area contributed by atoms with Crippen molar-refractivity contribution in [1.29, 1.82) is 0 Å². The molecule has 17 heavy (non-hydrogen) atoms. The molecule has 1 N–H and O–H groups in total. The predicted molar refractivity (Wildman–Crippen MR) is 56.6 cm³/mol. The van der Waals surface area contributed by atoms with E-state index in [4.69, 9.17) is 11.6 Å². The third-order valence-corrected chi connectivity index (χ3v) is 2.08. The molecular weight excluding hydrogens is 255 g/mol. The molecular formula is C10H5ClF3N3. The Labute approximate surface area is 99.3 Å². The van der Waals surface area contributed by atoms with Crippen molar-refractivity contribution in [2.45, 2.75) is 0 Å². The Balaban J connectivity index is 2.34. The van der Waals surface area contributed by atoms with Crippen LogP contribution in [0.1, 0.15) is 0 Å². The number of nitrogens with one attached hydrogen (secondary N) is 1. The molecule has 0 radical (unpaired) electrons. The van der Waals surface area contributed by atoms with E-state index in [0.29, 0.717) is 6.07 Å². The van der Waals surface area contributed by atoms with Crippen LogP contribution in [0.5, 0.6) is 0 Å². The first-order valence-corrected chi connectivity index (χ1v) is 4.84. The standard InChI is InChI=1S/C10H5ClF3N3/c11-10-15-4-7(14)9(17-10)16-8-2-1-5(12)3-6(8)13/h1-4H,(H,15,16,17). The highest BCUT2D eigenvalue weighted by Crippen LogP contribution is 2.21. The normalized spacial score (nSPS) is 10.4. The van der Waals surface area contributed by atoms with E-state index in [0.717, 1.165) is 18.3 Å². The average Bonchev–Trinajstić information content (AvgIpc) is 2.27. The Morgan fingerprint density at radius 2 is 1.88 bits per heavy atom. The number of hydrogen-bond donors (Lipinski definition) is 1. The summed E-state index contributed by atoms with van der Waals surface area (Å²) in [6.45, 7) is 0. The molecule has 88 valence electrons. The fourth-order valence-electron chi connectivity index (χ4n) is 1.15. The van der Waals surface area contributed by atoms with Crippen LogP contribution in [0.15, 0.2) is 24.4 Å². The first-order chi connectivity index (χ1) is 8.06. The van der Waals surface area contributed by atoms with Crippen LogP contribution in [0.4, 0.5) is 24.7 Å². The number of halogens is 4. The third kappa shape index (κ3) is 2.65. The van der Waals surface area contributed by atoms with Gasteiger partial charge in [-0.3, -0.25) is 0 Å². The molecule has 2 aromatic rings. The first kappa shape index (κ1) is 11.7. The van der Waals surface area contributed by atoms with Gasteiger partial charge in [0.1, 0.15) is 11.6 Å². The second-order valence-corrected chi connectivity index (χ2v) is 3.42.